The molecule has 4 heteroatoms. The molecule has 0 rings (SSSR count). The minimum Gasteiger partial charge on any atom is -0.369 e. The molecular formula is C13H32N2O2. The standard InChI is InChI=1S/C9H20N2O2.2C2H6/c1-4-13-8(2)9(12)11-7-5-6-10-3;2*1-2/h8,10H,4-7H2,1-3H3,(H,11,12);2*1-2H3. The third kappa shape index (κ3) is 18.0. The monoisotopic (exact) mass is 248 g/mol. The normalized spacial score (nSPS) is 10.3. The van der Waals surface area contributed by atoms with Crippen molar-refractivity contribution in [2.45, 2.75) is 54.1 Å². The van der Waals surface area contributed by atoms with Crippen LogP contribution in [-0.2, 0) is 9.53 Å². The first-order valence-corrected chi connectivity index (χ1v) is 6.76. The minimum absolute atomic E-state index is 0.0297. The highest BCUT2D eigenvalue weighted by Crippen LogP contribution is 1.89. The number of rotatable bonds is 7. The van der Waals surface area contributed by atoms with Gasteiger partial charge in [-0.3, -0.25) is 4.79 Å². The van der Waals surface area contributed by atoms with Crippen LogP contribution in [0.15, 0.2) is 0 Å². The molecule has 106 valence electrons. The Bertz CT molecular complexity index is 141. The third-order valence-corrected chi connectivity index (χ3v) is 1.69. The zero-order valence-corrected chi connectivity index (χ0v) is 12.7. The number of ether oxygens (including phenoxy) is 1. The van der Waals surface area contributed by atoms with Gasteiger partial charge in [0.05, 0.1) is 0 Å². The Kier molecular flexibility index (Phi) is 26.4. The van der Waals surface area contributed by atoms with Gasteiger partial charge in [0.1, 0.15) is 6.10 Å². The fourth-order valence-corrected chi connectivity index (χ4v) is 0.946. The summed E-state index contributed by atoms with van der Waals surface area (Å²) in [6.07, 6.45) is 0.612. The van der Waals surface area contributed by atoms with Crippen LogP contribution in [0.25, 0.3) is 0 Å². The molecule has 0 aliphatic heterocycles. The average Bonchev–Trinajstić information content (AvgIpc) is 2.39. The lowest BCUT2D eigenvalue weighted by Gasteiger charge is -2.11. The Morgan fingerprint density at radius 2 is 1.71 bits per heavy atom. The second kappa shape index (κ2) is 20.8. The molecule has 0 fully saturated rings. The second-order valence-electron chi connectivity index (χ2n) is 2.85. The van der Waals surface area contributed by atoms with E-state index in [1.54, 1.807) is 6.92 Å². The summed E-state index contributed by atoms with van der Waals surface area (Å²) in [4.78, 5) is 11.2. The number of hydrogen-bond acceptors (Lipinski definition) is 3. The van der Waals surface area contributed by atoms with Gasteiger partial charge in [-0.15, -0.1) is 0 Å². The highest BCUT2D eigenvalue weighted by atomic mass is 16.5. The lowest BCUT2D eigenvalue weighted by Crippen LogP contribution is -2.35. The molecule has 0 aliphatic rings. The van der Waals surface area contributed by atoms with Gasteiger partial charge < -0.3 is 15.4 Å². The van der Waals surface area contributed by atoms with Gasteiger partial charge in [0.2, 0.25) is 5.91 Å². The van der Waals surface area contributed by atoms with Crippen LogP contribution in [0.4, 0.5) is 0 Å². The van der Waals surface area contributed by atoms with E-state index in [4.69, 9.17) is 4.74 Å². The molecule has 2 N–H and O–H groups in total. The molecule has 0 saturated heterocycles. The van der Waals surface area contributed by atoms with Crippen LogP contribution in [0, 0.1) is 0 Å². The summed E-state index contributed by atoms with van der Waals surface area (Å²) in [6, 6.07) is 0. The largest absolute Gasteiger partial charge is 0.369 e. The van der Waals surface area contributed by atoms with Gasteiger partial charge in [-0.2, -0.15) is 0 Å². The molecule has 0 spiro atoms. The van der Waals surface area contributed by atoms with Crippen LogP contribution < -0.4 is 10.6 Å². The van der Waals surface area contributed by atoms with E-state index in [9.17, 15) is 4.79 Å². The number of carbonyl (C=O) groups excluding carboxylic acids is 1. The third-order valence-electron chi connectivity index (χ3n) is 1.69. The lowest BCUT2D eigenvalue weighted by molar-refractivity contribution is -0.131. The van der Waals surface area contributed by atoms with E-state index in [0.29, 0.717) is 13.2 Å². The van der Waals surface area contributed by atoms with Crippen molar-refractivity contribution in [2.75, 3.05) is 26.7 Å². The maximum absolute atomic E-state index is 11.2. The maximum Gasteiger partial charge on any atom is 0.248 e. The topological polar surface area (TPSA) is 50.4 Å². The highest BCUT2D eigenvalue weighted by Gasteiger charge is 2.10. The summed E-state index contributed by atoms with van der Waals surface area (Å²) >= 11 is 0. The molecule has 0 aliphatic carbocycles. The summed E-state index contributed by atoms with van der Waals surface area (Å²) in [7, 11) is 1.89. The van der Waals surface area contributed by atoms with Crippen LogP contribution in [0.5, 0.6) is 0 Å². The predicted molar refractivity (Wildman–Crippen MR) is 75.3 cm³/mol. The Balaban J connectivity index is -0.000000439. The smallest absolute Gasteiger partial charge is 0.248 e. The zero-order chi connectivity index (χ0) is 14.1. The van der Waals surface area contributed by atoms with Crippen molar-refractivity contribution < 1.29 is 9.53 Å². The van der Waals surface area contributed by atoms with Crippen molar-refractivity contribution >= 4 is 5.91 Å². The highest BCUT2D eigenvalue weighted by molar-refractivity contribution is 5.80. The average molecular weight is 248 g/mol. The molecule has 0 aromatic carbocycles. The quantitative estimate of drug-likeness (QED) is 0.679. The van der Waals surface area contributed by atoms with E-state index < -0.39 is 0 Å². The van der Waals surface area contributed by atoms with Crippen molar-refractivity contribution in [2.24, 2.45) is 0 Å². The molecule has 0 saturated carbocycles. The van der Waals surface area contributed by atoms with Crippen LogP contribution in [0.3, 0.4) is 0 Å². The first-order valence-electron chi connectivity index (χ1n) is 6.76. The fraction of sp³-hybridized carbons (Fsp3) is 0.923. The van der Waals surface area contributed by atoms with Crippen molar-refractivity contribution in [1.82, 2.24) is 10.6 Å². The number of nitrogens with one attached hydrogen (secondary N) is 2. The number of amides is 1. The number of hydrogen-bond donors (Lipinski definition) is 2. The lowest BCUT2D eigenvalue weighted by atomic mass is 10.3. The van der Waals surface area contributed by atoms with Crippen LogP contribution >= 0.6 is 0 Å². The van der Waals surface area contributed by atoms with E-state index in [0.717, 1.165) is 13.0 Å². The van der Waals surface area contributed by atoms with E-state index in [1.807, 2.05) is 41.7 Å². The summed E-state index contributed by atoms with van der Waals surface area (Å²) in [5.74, 6) is -0.0297. The van der Waals surface area contributed by atoms with Crippen LogP contribution in [0.2, 0.25) is 0 Å². The van der Waals surface area contributed by atoms with Gasteiger partial charge in [0, 0.05) is 13.2 Å². The fourth-order valence-electron chi connectivity index (χ4n) is 0.946. The maximum atomic E-state index is 11.2. The zero-order valence-electron chi connectivity index (χ0n) is 12.7. The van der Waals surface area contributed by atoms with E-state index in [-0.39, 0.29) is 12.0 Å². The summed E-state index contributed by atoms with van der Waals surface area (Å²) < 4.78 is 5.13. The minimum atomic E-state index is -0.334. The molecule has 0 aromatic rings. The SMILES string of the molecule is CC.CC.CCOC(C)C(=O)NCCCNC. The van der Waals surface area contributed by atoms with Gasteiger partial charge >= 0.3 is 0 Å². The van der Waals surface area contributed by atoms with Crippen molar-refractivity contribution in [3.8, 4) is 0 Å². The molecule has 17 heavy (non-hydrogen) atoms. The Morgan fingerprint density at radius 3 is 2.12 bits per heavy atom. The Hall–Kier alpha value is -0.610. The Morgan fingerprint density at radius 1 is 1.18 bits per heavy atom. The van der Waals surface area contributed by atoms with Crippen molar-refractivity contribution in [3.05, 3.63) is 0 Å². The summed E-state index contributed by atoms with van der Waals surface area (Å²) in [5, 5.41) is 5.81. The molecular weight excluding hydrogens is 216 g/mol. The second-order valence-corrected chi connectivity index (χ2v) is 2.85. The predicted octanol–water partition coefficient (Wildman–Crippen LogP) is 2.19. The first-order chi connectivity index (χ1) is 8.22. The van der Waals surface area contributed by atoms with Crippen molar-refractivity contribution in [3.63, 3.8) is 0 Å². The molecule has 4 nitrogen and oxygen atoms in total. The molecule has 0 aromatic heterocycles. The summed E-state index contributed by atoms with van der Waals surface area (Å²) in [5.41, 5.74) is 0. The van der Waals surface area contributed by atoms with Crippen molar-refractivity contribution in [1.29, 1.82) is 0 Å². The summed E-state index contributed by atoms with van der Waals surface area (Å²) in [6.45, 7) is 13.8. The van der Waals surface area contributed by atoms with Gasteiger partial charge in [0.15, 0.2) is 0 Å². The first kappa shape index (κ1) is 21.7. The molecule has 0 heterocycles. The van der Waals surface area contributed by atoms with Gasteiger partial charge in [-0.25, -0.2) is 0 Å². The molecule has 1 amide bonds. The Labute approximate surface area is 108 Å². The van der Waals surface area contributed by atoms with Gasteiger partial charge in [0.25, 0.3) is 0 Å². The van der Waals surface area contributed by atoms with Gasteiger partial charge in [-0.05, 0) is 33.9 Å². The molecule has 0 bridgehead atoms. The van der Waals surface area contributed by atoms with E-state index in [2.05, 4.69) is 10.6 Å². The van der Waals surface area contributed by atoms with E-state index in [1.165, 1.54) is 0 Å². The van der Waals surface area contributed by atoms with Crippen LogP contribution in [-0.4, -0.2) is 38.8 Å². The molecule has 1 atom stereocenters. The molecule has 1 unspecified atom stereocenters. The van der Waals surface area contributed by atoms with Gasteiger partial charge in [-0.1, -0.05) is 27.7 Å². The van der Waals surface area contributed by atoms with E-state index >= 15 is 0 Å². The van der Waals surface area contributed by atoms with Crippen LogP contribution in [0.1, 0.15) is 48.0 Å². The molecule has 0 radical (unpaired) electrons. The number of carbonyl (C=O) groups is 1.